The summed E-state index contributed by atoms with van der Waals surface area (Å²) >= 11 is 8.04. The largest absolute Gasteiger partial charge is 0.457 e. The second kappa shape index (κ2) is 10.8. The Kier molecular flexibility index (Phi) is 8.44. The van der Waals surface area contributed by atoms with E-state index in [2.05, 4.69) is 10.3 Å². The number of nitriles is 1. The number of hydrogen-bond donors (Lipinski definition) is 1. The number of anilines is 1. The number of carbonyl (C=O) groups is 3. The van der Waals surface area contributed by atoms with Gasteiger partial charge in [0.05, 0.1) is 17.6 Å². The molecule has 0 unspecified atom stereocenters. The lowest BCUT2D eigenvalue weighted by molar-refractivity contribution is -0.145. The Morgan fingerprint density at radius 2 is 2.04 bits per heavy atom. The van der Waals surface area contributed by atoms with E-state index in [0.29, 0.717) is 15.7 Å². The number of nitrogens with one attached hydrogen (secondary N) is 1. The van der Waals surface area contributed by atoms with Crippen LogP contribution < -0.4 is 5.32 Å². The fourth-order valence-corrected chi connectivity index (χ4v) is 3.60. The van der Waals surface area contributed by atoms with E-state index in [1.807, 2.05) is 6.07 Å². The third kappa shape index (κ3) is 6.96. The summed E-state index contributed by atoms with van der Waals surface area (Å²) in [5.41, 5.74) is 1.32. The molecule has 0 saturated heterocycles. The van der Waals surface area contributed by atoms with Crippen LogP contribution in [0.5, 0.6) is 0 Å². The quantitative estimate of drug-likeness (QED) is 0.600. The van der Waals surface area contributed by atoms with Crippen LogP contribution in [0.2, 0.25) is 5.02 Å². The number of carbonyl (C=O) groups excluding carboxylic acids is 3. The third-order valence-electron chi connectivity index (χ3n) is 3.29. The van der Waals surface area contributed by atoms with Crippen molar-refractivity contribution < 1.29 is 19.1 Å². The number of thiazole rings is 1. The number of thioether (sulfide) groups is 1. The van der Waals surface area contributed by atoms with Gasteiger partial charge in [0, 0.05) is 21.8 Å². The van der Waals surface area contributed by atoms with Gasteiger partial charge in [-0.05, 0) is 31.2 Å². The minimum atomic E-state index is -1.05. The number of aromatic nitrogens is 1. The number of amides is 1. The van der Waals surface area contributed by atoms with Gasteiger partial charge in [0.15, 0.2) is 18.3 Å². The van der Waals surface area contributed by atoms with Crippen molar-refractivity contribution in [1.82, 2.24) is 4.98 Å². The summed E-state index contributed by atoms with van der Waals surface area (Å²) in [4.78, 5) is 39.8. The van der Waals surface area contributed by atoms with Gasteiger partial charge in [-0.25, -0.2) is 4.98 Å². The SMILES string of the molecule is Cc1csc([C@@H](C#N)C(=O)COC(=O)CSCC(=O)Nc2ccc(Cl)cc2)n1. The number of nitrogens with zero attached hydrogens (tertiary/aromatic N) is 2. The smallest absolute Gasteiger partial charge is 0.316 e. The van der Waals surface area contributed by atoms with Crippen molar-refractivity contribution in [3.05, 3.63) is 45.4 Å². The Morgan fingerprint density at radius 1 is 1.32 bits per heavy atom. The van der Waals surface area contributed by atoms with Crippen LogP contribution in [0.4, 0.5) is 5.69 Å². The number of halogens is 1. The van der Waals surface area contributed by atoms with Crippen LogP contribution in [0.3, 0.4) is 0 Å². The molecule has 0 radical (unpaired) electrons. The van der Waals surface area contributed by atoms with E-state index in [1.165, 1.54) is 11.3 Å². The molecule has 0 aliphatic carbocycles. The maximum absolute atomic E-state index is 12.1. The highest BCUT2D eigenvalue weighted by Crippen LogP contribution is 2.21. The summed E-state index contributed by atoms with van der Waals surface area (Å²) in [5.74, 6) is -2.54. The number of Topliss-reactive ketones (excluding diaryl/α,β-unsaturated/α-hetero) is 1. The molecule has 0 fully saturated rings. The molecule has 1 atom stereocenters. The maximum atomic E-state index is 12.1. The topological polar surface area (TPSA) is 109 Å². The van der Waals surface area contributed by atoms with E-state index in [1.54, 1.807) is 36.6 Å². The van der Waals surface area contributed by atoms with Gasteiger partial charge in [0.1, 0.15) is 5.01 Å². The van der Waals surface area contributed by atoms with E-state index >= 15 is 0 Å². The highest BCUT2D eigenvalue weighted by molar-refractivity contribution is 8.00. The number of hydrogen-bond acceptors (Lipinski definition) is 8. The van der Waals surface area contributed by atoms with Gasteiger partial charge in [-0.1, -0.05) is 11.6 Å². The van der Waals surface area contributed by atoms with Crippen LogP contribution in [0.15, 0.2) is 29.6 Å². The lowest BCUT2D eigenvalue weighted by Gasteiger charge is -2.07. The van der Waals surface area contributed by atoms with Gasteiger partial charge in [-0.15, -0.1) is 23.1 Å². The normalized spacial score (nSPS) is 11.3. The molecule has 1 N–H and O–H groups in total. The second-order valence-corrected chi connectivity index (χ2v) is 7.88. The molecule has 0 aliphatic rings. The molecule has 1 aromatic heterocycles. The molecule has 0 spiro atoms. The van der Waals surface area contributed by atoms with E-state index < -0.39 is 24.3 Å². The van der Waals surface area contributed by atoms with Crippen molar-refractivity contribution >= 4 is 58.0 Å². The third-order valence-corrected chi connectivity index (χ3v) is 5.48. The molecule has 7 nitrogen and oxygen atoms in total. The first kappa shape index (κ1) is 21.9. The van der Waals surface area contributed by atoms with E-state index in [9.17, 15) is 14.4 Å². The molecule has 2 rings (SSSR count). The van der Waals surface area contributed by atoms with Crippen LogP contribution in [-0.2, 0) is 19.1 Å². The monoisotopic (exact) mass is 437 g/mol. The molecular formula is C18H16ClN3O4S2. The number of rotatable bonds is 9. The summed E-state index contributed by atoms with van der Waals surface area (Å²) < 4.78 is 4.90. The number of benzene rings is 1. The predicted octanol–water partition coefficient (Wildman–Crippen LogP) is 3.20. The van der Waals surface area contributed by atoms with Gasteiger partial charge in [0.2, 0.25) is 5.91 Å². The Balaban J connectivity index is 1.69. The van der Waals surface area contributed by atoms with Crippen molar-refractivity contribution in [2.75, 3.05) is 23.4 Å². The average molecular weight is 438 g/mol. The fraction of sp³-hybridized carbons (Fsp3) is 0.278. The van der Waals surface area contributed by atoms with Crippen molar-refractivity contribution in [2.45, 2.75) is 12.8 Å². The summed E-state index contributed by atoms with van der Waals surface area (Å²) in [5, 5.41) is 14.5. The van der Waals surface area contributed by atoms with Gasteiger partial charge in [0.25, 0.3) is 0 Å². The second-order valence-electron chi connectivity index (χ2n) is 5.56. The zero-order chi connectivity index (χ0) is 20.5. The van der Waals surface area contributed by atoms with Gasteiger partial charge in [-0.2, -0.15) is 5.26 Å². The molecule has 1 aromatic carbocycles. The highest BCUT2D eigenvalue weighted by atomic mass is 35.5. The number of ether oxygens (including phenoxy) is 1. The summed E-state index contributed by atoms with van der Waals surface area (Å²) in [6, 6.07) is 8.52. The van der Waals surface area contributed by atoms with Gasteiger partial charge < -0.3 is 10.1 Å². The maximum Gasteiger partial charge on any atom is 0.316 e. The Bertz CT molecular complexity index is 893. The number of ketones is 1. The lowest BCUT2D eigenvalue weighted by atomic mass is 10.1. The first-order valence-electron chi connectivity index (χ1n) is 8.02. The minimum absolute atomic E-state index is 0.0465. The molecule has 0 saturated carbocycles. The summed E-state index contributed by atoms with van der Waals surface area (Å²) in [7, 11) is 0. The Morgan fingerprint density at radius 3 is 2.64 bits per heavy atom. The molecule has 1 amide bonds. The molecule has 2 aromatic rings. The summed E-state index contributed by atoms with van der Waals surface area (Å²) in [6.07, 6.45) is 0. The van der Waals surface area contributed by atoms with Gasteiger partial charge >= 0.3 is 5.97 Å². The fourth-order valence-electron chi connectivity index (χ4n) is 2.00. The van der Waals surface area contributed by atoms with Crippen molar-refractivity contribution in [2.24, 2.45) is 0 Å². The Labute approximate surface area is 175 Å². The zero-order valence-electron chi connectivity index (χ0n) is 14.8. The van der Waals surface area contributed by atoms with Crippen LogP contribution in [0.1, 0.15) is 16.6 Å². The minimum Gasteiger partial charge on any atom is -0.457 e. The van der Waals surface area contributed by atoms with Crippen LogP contribution in [0.25, 0.3) is 0 Å². The van der Waals surface area contributed by atoms with Crippen LogP contribution >= 0.6 is 34.7 Å². The first-order chi connectivity index (χ1) is 13.4. The van der Waals surface area contributed by atoms with E-state index in [-0.39, 0.29) is 17.4 Å². The molecular weight excluding hydrogens is 422 g/mol. The standard InChI is InChI=1S/C18H16ClN3O4S2/c1-11-8-28-18(21-11)14(6-20)15(23)7-26-17(25)10-27-9-16(24)22-13-4-2-12(19)3-5-13/h2-5,8,14H,7,9-10H2,1H3,(H,22,24)/t14-/m0/s1. The first-order valence-corrected chi connectivity index (χ1v) is 10.4. The van der Waals surface area contributed by atoms with Crippen molar-refractivity contribution in [3.8, 4) is 6.07 Å². The van der Waals surface area contributed by atoms with Crippen molar-refractivity contribution in [1.29, 1.82) is 5.26 Å². The highest BCUT2D eigenvalue weighted by Gasteiger charge is 2.24. The summed E-state index contributed by atoms with van der Waals surface area (Å²) in [6.45, 7) is 1.26. The molecule has 28 heavy (non-hydrogen) atoms. The Hall–Kier alpha value is -2.41. The van der Waals surface area contributed by atoms with Gasteiger partial charge in [-0.3, -0.25) is 14.4 Å². The van der Waals surface area contributed by atoms with E-state index in [4.69, 9.17) is 21.6 Å². The lowest BCUT2D eigenvalue weighted by Crippen LogP contribution is -2.21. The predicted molar refractivity (Wildman–Crippen MR) is 109 cm³/mol. The molecule has 10 heteroatoms. The molecule has 0 aliphatic heterocycles. The van der Waals surface area contributed by atoms with Crippen LogP contribution in [-0.4, -0.2) is 40.8 Å². The molecule has 146 valence electrons. The zero-order valence-corrected chi connectivity index (χ0v) is 17.2. The molecule has 1 heterocycles. The number of esters is 1. The van der Waals surface area contributed by atoms with Crippen molar-refractivity contribution in [3.63, 3.8) is 0 Å². The molecule has 0 bridgehead atoms. The van der Waals surface area contributed by atoms with E-state index in [0.717, 1.165) is 17.5 Å². The van der Waals surface area contributed by atoms with Crippen LogP contribution in [0, 0.1) is 18.3 Å². The number of aryl methyl sites for hydroxylation is 1. The average Bonchev–Trinajstić information content (AvgIpc) is 3.08.